The number of carbonyl (C=O) groups is 2. The van der Waals surface area contributed by atoms with Gasteiger partial charge in [0.25, 0.3) is 0 Å². The quantitative estimate of drug-likeness (QED) is 0.803. The van der Waals surface area contributed by atoms with Gasteiger partial charge in [0.1, 0.15) is 15.8 Å². The van der Waals surface area contributed by atoms with Crippen molar-refractivity contribution >= 4 is 33.2 Å². The lowest BCUT2D eigenvalue weighted by Crippen LogP contribution is -2.40. The van der Waals surface area contributed by atoms with Crippen LogP contribution in [-0.2, 0) is 19.6 Å². The Kier molecular flexibility index (Phi) is 4.35. The van der Waals surface area contributed by atoms with Crippen LogP contribution in [0.1, 0.15) is 21.7 Å². The van der Waals surface area contributed by atoms with Gasteiger partial charge in [0.05, 0.1) is 7.11 Å². The van der Waals surface area contributed by atoms with Gasteiger partial charge in [0.2, 0.25) is 15.9 Å². The van der Waals surface area contributed by atoms with E-state index in [1.807, 2.05) is 0 Å². The Morgan fingerprint density at radius 2 is 2.19 bits per heavy atom. The van der Waals surface area contributed by atoms with Crippen LogP contribution in [-0.4, -0.2) is 51.9 Å². The van der Waals surface area contributed by atoms with Crippen LogP contribution in [0.3, 0.4) is 0 Å². The smallest absolute Gasteiger partial charge is 0.349 e. The third kappa shape index (κ3) is 2.94. The van der Waals surface area contributed by atoms with E-state index in [0.717, 1.165) is 11.3 Å². The molecule has 9 heteroatoms. The number of amides is 1. The lowest BCUT2D eigenvalue weighted by molar-refractivity contribution is -0.127. The van der Waals surface area contributed by atoms with Gasteiger partial charge < -0.3 is 9.64 Å². The molecule has 1 aromatic heterocycles. The summed E-state index contributed by atoms with van der Waals surface area (Å²) in [6, 6.07) is -0.787. The number of sulfonamides is 1. The van der Waals surface area contributed by atoms with E-state index in [1.54, 1.807) is 19.4 Å². The van der Waals surface area contributed by atoms with Gasteiger partial charge in [-0.05, 0) is 24.3 Å². The fourth-order valence-corrected chi connectivity index (χ4v) is 5.11. The van der Waals surface area contributed by atoms with Crippen LogP contribution in [0.5, 0.6) is 0 Å². The van der Waals surface area contributed by atoms with E-state index < -0.39 is 22.0 Å². The predicted octanol–water partition coefficient (Wildman–Crippen LogP) is 0.352. The van der Waals surface area contributed by atoms with Crippen molar-refractivity contribution in [3.63, 3.8) is 0 Å². The van der Waals surface area contributed by atoms with Crippen LogP contribution in [0.2, 0.25) is 0 Å². The van der Waals surface area contributed by atoms with Crippen molar-refractivity contribution in [3.8, 4) is 0 Å². The first-order valence-corrected chi connectivity index (χ1v) is 8.58. The topological polar surface area (TPSA) is 92.8 Å². The third-order valence-electron chi connectivity index (χ3n) is 3.28. The molecule has 1 unspecified atom stereocenters. The van der Waals surface area contributed by atoms with E-state index in [-0.39, 0.29) is 15.7 Å². The summed E-state index contributed by atoms with van der Waals surface area (Å²) in [6.07, 6.45) is 0.408. The summed E-state index contributed by atoms with van der Waals surface area (Å²) in [4.78, 5) is 24.9. The second-order valence-electron chi connectivity index (χ2n) is 4.79. The van der Waals surface area contributed by atoms with Crippen molar-refractivity contribution in [3.05, 3.63) is 15.8 Å². The molecule has 1 atom stereocenters. The number of likely N-dealkylation sites (N-methyl/N-ethyl adjacent to an activating group) is 1. The molecular formula is C12H16N2O5S2. The van der Waals surface area contributed by atoms with Crippen LogP contribution in [0.25, 0.3) is 0 Å². The van der Waals surface area contributed by atoms with Crippen molar-refractivity contribution in [2.75, 3.05) is 20.7 Å². The van der Waals surface area contributed by atoms with Gasteiger partial charge in [-0.3, -0.25) is 4.79 Å². The molecule has 2 rings (SSSR count). The molecule has 1 aliphatic rings. The number of aryl methyl sites for hydroxylation is 1. The van der Waals surface area contributed by atoms with Gasteiger partial charge in [-0.1, -0.05) is 0 Å². The number of hydrogen-bond donors (Lipinski definition) is 1. The number of thiophene rings is 1. The highest BCUT2D eigenvalue weighted by Gasteiger charge is 2.35. The molecule has 1 N–H and O–H groups in total. The molecule has 0 bridgehead atoms. The normalized spacial score (nSPS) is 19.1. The molecule has 116 valence electrons. The molecule has 7 nitrogen and oxygen atoms in total. The maximum Gasteiger partial charge on any atom is 0.349 e. The van der Waals surface area contributed by atoms with Crippen molar-refractivity contribution in [2.24, 2.45) is 0 Å². The molecular weight excluding hydrogens is 316 g/mol. The number of nitrogens with one attached hydrogen (secondary N) is 1. The maximum absolute atomic E-state index is 12.5. The van der Waals surface area contributed by atoms with Crippen LogP contribution in [0.4, 0.5) is 0 Å². The van der Waals surface area contributed by atoms with Crippen molar-refractivity contribution in [1.82, 2.24) is 9.62 Å². The summed E-state index contributed by atoms with van der Waals surface area (Å²) in [6.45, 7) is 2.10. The van der Waals surface area contributed by atoms with Gasteiger partial charge >= 0.3 is 5.97 Å². The average molecular weight is 332 g/mol. The SMILES string of the molecule is COC(=O)c1scc(C)c1S(=O)(=O)NC1CCN(C)C1=O. The van der Waals surface area contributed by atoms with Crippen LogP contribution < -0.4 is 4.72 Å². The highest BCUT2D eigenvalue weighted by atomic mass is 32.2. The Bertz CT molecular complexity index is 680. The molecule has 0 aromatic carbocycles. The second-order valence-corrected chi connectivity index (χ2v) is 7.32. The molecule has 21 heavy (non-hydrogen) atoms. The van der Waals surface area contributed by atoms with Gasteiger partial charge in [-0.15, -0.1) is 11.3 Å². The first-order chi connectivity index (χ1) is 9.77. The van der Waals surface area contributed by atoms with Crippen molar-refractivity contribution < 1.29 is 22.7 Å². The van der Waals surface area contributed by atoms with E-state index in [2.05, 4.69) is 9.46 Å². The standard InChI is InChI=1S/C12H16N2O5S2/c1-7-6-20-9(12(16)19-3)10(7)21(17,18)13-8-4-5-14(2)11(8)15/h6,8,13H,4-5H2,1-3H3. The third-order valence-corrected chi connectivity index (χ3v) is 6.15. The minimum absolute atomic E-state index is 0.0151. The van der Waals surface area contributed by atoms with Gasteiger partial charge in [-0.25, -0.2) is 13.2 Å². The summed E-state index contributed by atoms with van der Waals surface area (Å²) in [5, 5.41) is 1.57. The lowest BCUT2D eigenvalue weighted by Gasteiger charge is -2.13. The van der Waals surface area contributed by atoms with Crippen LogP contribution in [0, 0.1) is 6.92 Å². The first kappa shape index (κ1) is 15.9. The zero-order valence-electron chi connectivity index (χ0n) is 11.9. The summed E-state index contributed by atoms with van der Waals surface area (Å²) in [5.74, 6) is -0.977. The molecule has 0 radical (unpaired) electrons. The zero-order valence-corrected chi connectivity index (χ0v) is 13.5. The summed E-state index contributed by atoms with van der Waals surface area (Å²) >= 11 is 1.01. The summed E-state index contributed by atoms with van der Waals surface area (Å²) in [5.41, 5.74) is 0.451. The summed E-state index contributed by atoms with van der Waals surface area (Å²) < 4.78 is 31.9. The van der Waals surface area contributed by atoms with Crippen LogP contribution >= 0.6 is 11.3 Å². The number of hydrogen-bond acceptors (Lipinski definition) is 6. The highest BCUT2D eigenvalue weighted by molar-refractivity contribution is 7.89. The number of ether oxygens (including phenoxy) is 1. The minimum atomic E-state index is -3.96. The Morgan fingerprint density at radius 3 is 2.71 bits per heavy atom. The maximum atomic E-state index is 12.5. The molecule has 1 aliphatic heterocycles. The monoisotopic (exact) mass is 332 g/mol. The zero-order chi connectivity index (χ0) is 15.8. The lowest BCUT2D eigenvalue weighted by atomic mass is 10.3. The summed E-state index contributed by atoms with van der Waals surface area (Å²) in [7, 11) is -1.15. The highest BCUT2D eigenvalue weighted by Crippen LogP contribution is 2.28. The fourth-order valence-electron chi connectivity index (χ4n) is 2.18. The largest absolute Gasteiger partial charge is 0.465 e. The second kappa shape index (κ2) is 5.74. The molecule has 0 saturated carbocycles. The Hall–Kier alpha value is -1.45. The van der Waals surface area contributed by atoms with Crippen molar-refractivity contribution in [1.29, 1.82) is 0 Å². The fraction of sp³-hybridized carbons (Fsp3) is 0.500. The average Bonchev–Trinajstić information content (AvgIpc) is 2.96. The van der Waals surface area contributed by atoms with E-state index >= 15 is 0 Å². The minimum Gasteiger partial charge on any atom is -0.465 e. The number of carbonyl (C=O) groups excluding carboxylic acids is 2. The Balaban J connectivity index is 2.35. The predicted molar refractivity (Wildman–Crippen MR) is 76.8 cm³/mol. The van der Waals surface area contributed by atoms with E-state index in [4.69, 9.17) is 0 Å². The molecule has 1 saturated heterocycles. The first-order valence-electron chi connectivity index (χ1n) is 6.21. The van der Waals surface area contributed by atoms with Gasteiger partial charge in [0, 0.05) is 13.6 Å². The van der Waals surface area contributed by atoms with Gasteiger partial charge in [0.15, 0.2) is 0 Å². The Labute approximate surface area is 126 Å². The van der Waals surface area contributed by atoms with E-state index in [1.165, 1.54) is 12.0 Å². The van der Waals surface area contributed by atoms with Crippen LogP contribution in [0.15, 0.2) is 10.3 Å². The van der Waals surface area contributed by atoms with E-state index in [9.17, 15) is 18.0 Å². The number of rotatable bonds is 4. The van der Waals surface area contributed by atoms with Crippen molar-refractivity contribution in [2.45, 2.75) is 24.3 Å². The van der Waals surface area contributed by atoms with Gasteiger partial charge in [-0.2, -0.15) is 4.72 Å². The number of methoxy groups -OCH3 is 1. The number of likely N-dealkylation sites (tertiary alicyclic amines) is 1. The molecule has 1 amide bonds. The Morgan fingerprint density at radius 1 is 1.52 bits per heavy atom. The molecule has 1 aromatic rings. The molecule has 2 heterocycles. The van der Waals surface area contributed by atoms with E-state index in [0.29, 0.717) is 18.5 Å². The number of esters is 1. The number of nitrogens with zero attached hydrogens (tertiary/aromatic N) is 1. The molecule has 0 spiro atoms. The molecule has 1 fully saturated rings. The molecule has 0 aliphatic carbocycles.